The van der Waals surface area contributed by atoms with Crippen LogP contribution < -0.4 is 5.32 Å². The number of aryl methyl sites for hydroxylation is 1. The Balaban J connectivity index is 2.76. The molecule has 0 fully saturated rings. The van der Waals surface area contributed by atoms with E-state index in [9.17, 15) is 0 Å². The summed E-state index contributed by atoms with van der Waals surface area (Å²) in [5, 5.41) is 11.8. The average molecular weight is 210 g/mol. The third kappa shape index (κ3) is 3.02. The van der Waals surface area contributed by atoms with Gasteiger partial charge in [0.1, 0.15) is 11.6 Å². The molecule has 0 amide bonds. The van der Waals surface area contributed by atoms with E-state index in [1.54, 1.807) is 0 Å². The SMILES string of the molecule is CCNC(C)Cc1nnc(C)n1C(C)C. The summed E-state index contributed by atoms with van der Waals surface area (Å²) in [4.78, 5) is 0. The zero-order valence-corrected chi connectivity index (χ0v) is 10.4. The Hall–Kier alpha value is -0.900. The molecule has 0 saturated carbocycles. The van der Waals surface area contributed by atoms with Gasteiger partial charge in [0.2, 0.25) is 0 Å². The minimum atomic E-state index is 0.434. The Kier molecular flexibility index (Phi) is 4.27. The number of rotatable bonds is 5. The predicted octanol–water partition coefficient (Wildman–Crippen LogP) is 1.71. The maximum Gasteiger partial charge on any atom is 0.134 e. The first-order valence-electron chi connectivity index (χ1n) is 5.70. The van der Waals surface area contributed by atoms with Crippen LogP contribution in [0, 0.1) is 6.92 Å². The molecule has 1 aromatic rings. The van der Waals surface area contributed by atoms with Crippen LogP contribution in [0.3, 0.4) is 0 Å². The summed E-state index contributed by atoms with van der Waals surface area (Å²) in [6, 6.07) is 0.889. The zero-order chi connectivity index (χ0) is 11.4. The van der Waals surface area contributed by atoms with Crippen molar-refractivity contribution in [2.24, 2.45) is 0 Å². The smallest absolute Gasteiger partial charge is 0.134 e. The molecular formula is C11H22N4. The van der Waals surface area contributed by atoms with Gasteiger partial charge in [-0.15, -0.1) is 10.2 Å². The fraction of sp³-hybridized carbons (Fsp3) is 0.818. The summed E-state index contributed by atoms with van der Waals surface area (Å²) in [6.45, 7) is 11.6. The van der Waals surface area contributed by atoms with E-state index in [0.717, 1.165) is 24.6 Å². The highest BCUT2D eigenvalue weighted by Gasteiger charge is 2.13. The molecule has 0 bridgehead atoms. The molecule has 15 heavy (non-hydrogen) atoms. The van der Waals surface area contributed by atoms with Gasteiger partial charge in [0, 0.05) is 18.5 Å². The van der Waals surface area contributed by atoms with Gasteiger partial charge in [0.05, 0.1) is 0 Å². The Morgan fingerprint density at radius 3 is 2.47 bits per heavy atom. The zero-order valence-electron chi connectivity index (χ0n) is 10.4. The van der Waals surface area contributed by atoms with Crippen molar-refractivity contribution in [3.05, 3.63) is 11.6 Å². The number of aromatic nitrogens is 3. The molecule has 86 valence electrons. The third-order valence-electron chi connectivity index (χ3n) is 2.49. The molecule has 0 aromatic carbocycles. The first kappa shape index (κ1) is 12.2. The molecule has 0 aliphatic carbocycles. The van der Waals surface area contributed by atoms with E-state index in [1.807, 2.05) is 6.92 Å². The van der Waals surface area contributed by atoms with E-state index >= 15 is 0 Å². The van der Waals surface area contributed by atoms with Crippen LogP contribution in [-0.2, 0) is 6.42 Å². The molecule has 1 rings (SSSR count). The van der Waals surface area contributed by atoms with E-state index in [4.69, 9.17) is 0 Å². The van der Waals surface area contributed by atoms with Gasteiger partial charge in [-0.25, -0.2) is 0 Å². The third-order valence-corrected chi connectivity index (χ3v) is 2.49. The fourth-order valence-electron chi connectivity index (χ4n) is 1.92. The van der Waals surface area contributed by atoms with Crippen LogP contribution in [0.5, 0.6) is 0 Å². The first-order chi connectivity index (χ1) is 7.06. The molecule has 4 nitrogen and oxygen atoms in total. The normalized spacial score (nSPS) is 13.5. The van der Waals surface area contributed by atoms with Gasteiger partial charge < -0.3 is 9.88 Å². The van der Waals surface area contributed by atoms with Crippen molar-refractivity contribution >= 4 is 0 Å². The second kappa shape index (κ2) is 5.26. The van der Waals surface area contributed by atoms with Crippen molar-refractivity contribution < 1.29 is 0 Å². The largest absolute Gasteiger partial charge is 0.314 e. The summed E-state index contributed by atoms with van der Waals surface area (Å²) in [6.07, 6.45) is 0.937. The van der Waals surface area contributed by atoms with Gasteiger partial charge in [0.25, 0.3) is 0 Å². The molecule has 4 heteroatoms. The van der Waals surface area contributed by atoms with Crippen molar-refractivity contribution in [1.29, 1.82) is 0 Å². The molecule has 1 N–H and O–H groups in total. The molecule has 1 atom stereocenters. The molecular weight excluding hydrogens is 188 g/mol. The Labute approximate surface area is 92.1 Å². The van der Waals surface area contributed by atoms with Crippen molar-refractivity contribution in [2.45, 2.75) is 53.1 Å². The summed E-state index contributed by atoms with van der Waals surface area (Å²) < 4.78 is 2.20. The average Bonchev–Trinajstić information content (AvgIpc) is 2.47. The highest BCUT2D eigenvalue weighted by atomic mass is 15.3. The van der Waals surface area contributed by atoms with Crippen LogP contribution in [0.25, 0.3) is 0 Å². The lowest BCUT2D eigenvalue weighted by atomic mass is 10.2. The van der Waals surface area contributed by atoms with Crippen molar-refractivity contribution in [3.63, 3.8) is 0 Å². The molecule has 0 radical (unpaired) electrons. The van der Waals surface area contributed by atoms with E-state index in [2.05, 4.69) is 47.8 Å². The predicted molar refractivity (Wildman–Crippen MR) is 62.0 cm³/mol. The fourth-order valence-corrected chi connectivity index (χ4v) is 1.92. The molecule has 0 aliphatic rings. The lowest BCUT2D eigenvalue weighted by Gasteiger charge is -2.15. The molecule has 0 spiro atoms. The molecule has 0 aliphatic heterocycles. The Morgan fingerprint density at radius 2 is 1.93 bits per heavy atom. The van der Waals surface area contributed by atoms with Gasteiger partial charge in [-0.2, -0.15) is 0 Å². The highest BCUT2D eigenvalue weighted by Crippen LogP contribution is 2.12. The van der Waals surface area contributed by atoms with Gasteiger partial charge in [-0.05, 0) is 34.2 Å². The minimum absolute atomic E-state index is 0.434. The highest BCUT2D eigenvalue weighted by molar-refractivity contribution is 4.98. The van der Waals surface area contributed by atoms with Crippen LogP contribution in [-0.4, -0.2) is 27.4 Å². The van der Waals surface area contributed by atoms with Crippen LogP contribution in [0.1, 0.15) is 45.4 Å². The van der Waals surface area contributed by atoms with Gasteiger partial charge in [-0.3, -0.25) is 0 Å². The van der Waals surface area contributed by atoms with Crippen LogP contribution in [0.4, 0.5) is 0 Å². The van der Waals surface area contributed by atoms with Crippen LogP contribution in [0.2, 0.25) is 0 Å². The molecule has 1 heterocycles. The second-order valence-corrected chi connectivity index (χ2v) is 4.29. The van der Waals surface area contributed by atoms with Gasteiger partial charge in [0.15, 0.2) is 0 Å². The summed E-state index contributed by atoms with van der Waals surface area (Å²) >= 11 is 0. The maximum absolute atomic E-state index is 4.23. The quantitative estimate of drug-likeness (QED) is 0.804. The molecule has 1 aromatic heterocycles. The Morgan fingerprint density at radius 1 is 1.27 bits per heavy atom. The summed E-state index contributed by atoms with van der Waals surface area (Å²) in [7, 11) is 0. The van der Waals surface area contributed by atoms with Crippen LogP contribution in [0.15, 0.2) is 0 Å². The lowest BCUT2D eigenvalue weighted by Crippen LogP contribution is -2.29. The van der Waals surface area contributed by atoms with Crippen molar-refractivity contribution in [1.82, 2.24) is 20.1 Å². The second-order valence-electron chi connectivity index (χ2n) is 4.29. The monoisotopic (exact) mass is 210 g/mol. The van der Waals surface area contributed by atoms with Gasteiger partial charge in [-0.1, -0.05) is 6.92 Å². The van der Waals surface area contributed by atoms with E-state index in [1.165, 1.54) is 0 Å². The van der Waals surface area contributed by atoms with E-state index in [-0.39, 0.29) is 0 Å². The van der Waals surface area contributed by atoms with E-state index in [0.29, 0.717) is 12.1 Å². The Bertz CT molecular complexity index is 304. The topological polar surface area (TPSA) is 42.7 Å². The molecule has 1 unspecified atom stereocenters. The molecule has 0 saturated heterocycles. The lowest BCUT2D eigenvalue weighted by molar-refractivity contribution is 0.503. The summed E-state index contributed by atoms with van der Waals surface area (Å²) in [5.74, 6) is 2.08. The maximum atomic E-state index is 4.23. The minimum Gasteiger partial charge on any atom is -0.314 e. The van der Waals surface area contributed by atoms with Gasteiger partial charge >= 0.3 is 0 Å². The number of nitrogens with zero attached hydrogens (tertiary/aromatic N) is 3. The van der Waals surface area contributed by atoms with Crippen molar-refractivity contribution in [3.8, 4) is 0 Å². The van der Waals surface area contributed by atoms with Crippen molar-refractivity contribution in [2.75, 3.05) is 6.54 Å². The first-order valence-corrected chi connectivity index (χ1v) is 5.70. The van der Waals surface area contributed by atoms with E-state index < -0.39 is 0 Å². The number of hydrogen-bond acceptors (Lipinski definition) is 3. The number of nitrogens with one attached hydrogen (secondary N) is 1. The van der Waals surface area contributed by atoms with Crippen LogP contribution >= 0.6 is 0 Å². The standard InChI is InChI=1S/C11H22N4/c1-6-12-9(4)7-11-14-13-10(5)15(11)8(2)3/h8-9,12H,6-7H2,1-5H3. The number of likely N-dealkylation sites (N-methyl/N-ethyl adjacent to an activating group) is 1. The number of hydrogen-bond donors (Lipinski definition) is 1. The summed E-state index contributed by atoms with van der Waals surface area (Å²) in [5.41, 5.74) is 0.